The van der Waals surface area contributed by atoms with Gasteiger partial charge in [0.05, 0.1) is 0 Å². The van der Waals surface area contributed by atoms with Gasteiger partial charge in [0.1, 0.15) is 18.7 Å². The highest BCUT2D eigenvalue weighted by molar-refractivity contribution is 8.48. The second-order valence-electron chi connectivity index (χ2n) is 8.71. The van der Waals surface area contributed by atoms with Gasteiger partial charge in [-0.1, -0.05) is 56.2 Å². The SMILES string of the molecule is C=S1(Nc2c[n+](C)c(C(F)(F)F)cc2C)(C(C)CCCC(CC)C(C)C)CO1. The van der Waals surface area contributed by atoms with Crippen LogP contribution in [0.15, 0.2) is 12.3 Å². The van der Waals surface area contributed by atoms with E-state index in [1.807, 2.05) is 0 Å². The first kappa shape index (κ1) is 23.2. The van der Waals surface area contributed by atoms with Crippen molar-refractivity contribution >= 4 is 20.8 Å². The average molecular weight is 422 g/mol. The minimum atomic E-state index is -4.37. The van der Waals surface area contributed by atoms with Crippen LogP contribution in [0.4, 0.5) is 18.9 Å². The van der Waals surface area contributed by atoms with Gasteiger partial charge in [0.2, 0.25) is 0 Å². The maximum atomic E-state index is 13.1. The van der Waals surface area contributed by atoms with E-state index in [-0.39, 0.29) is 5.25 Å². The Labute approximate surface area is 167 Å². The molecule has 2 atom stereocenters. The summed E-state index contributed by atoms with van der Waals surface area (Å²) in [4.78, 5) is 0. The summed E-state index contributed by atoms with van der Waals surface area (Å²) < 4.78 is 49.9. The zero-order chi connectivity index (χ0) is 21.4. The third-order valence-corrected chi connectivity index (χ3v) is 10.1. The van der Waals surface area contributed by atoms with Gasteiger partial charge in [-0.15, -0.1) is 0 Å². The Balaban J connectivity index is 2.12. The van der Waals surface area contributed by atoms with Crippen LogP contribution in [-0.4, -0.2) is 17.1 Å². The lowest BCUT2D eigenvalue weighted by atomic mass is 9.88. The second kappa shape index (κ2) is 7.98. The van der Waals surface area contributed by atoms with Crippen molar-refractivity contribution in [2.24, 2.45) is 18.9 Å². The van der Waals surface area contributed by atoms with E-state index in [1.165, 1.54) is 32.2 Å². The number of halogens is 3. The van der Waals surface area contributed by atoms with Crippen molar-refractivity contribution in [3.05, 3.63) is 23.5 Å². The summed E-state index contributed by atoms with van der Waals surface area (Å²) in [5.74, 6) is 6.42. The van der Waals surface area contributed by atoms with Crippen molar-refractivity contribution in [1.29, 1.82) is 0 Å². The van der Waals surface area contributed by atoms with Gasteiger partial charge in [-0.25, -0.2) is 0 Å². The Morgan fingerprint density at radius 2 is 1.89 bits per heavy atom. The lowest BCUT2D eigenvalue weighted by molar-refractivity contribution is -0.690. The Kier molecular flexibility index (Phi) is 6.61. The number of anilines is 1. The first-order valence-electron chi connectivity index (χ1n) is 10.1. The monoisotopic (exact) mass is 421 g/mol. The van der Waals surface area contributed by atoms with E-state index >= 15 is 0 Å². The summed E-state index contributed by atoms with van der Waals surface area (Å²) in [5.41, 5.74) is 0.566. The fourth-order valence-corrected chi connectivity index (χ4v) is 6.76. The lowest BCUT2D eigenvalue weighted by Crippen LogP contribution is -2.38. The molecule has 0 aliphatic carbocycles. The molecular formula is C21H36F3N2OS+. The molecule has 1 aliphatic rings. The van der Waals surface area contributed by atoms with Crippen molar-refractivity contribution in [1.82, 2.24) is 0 Å². The zero-order valence-corrected chi connectivity index (χ0v) is 18.8. The summed E-state index contributed by atoms with van der Waals surface area (Å²) in [6.45, 7) is 10.6. The van der Waals surface area contributed by atoms with E-state index in [0.717, 1.165) is 23.3 Å². The summed E-state index contributed by atoms with van der Waals surface area (Å²) in [5, 5.41) is 0.244. The van der Waals surface area contributed by atoms with Crippen molar-refractivity contribution in [3.8, 4) is 0 Å². The highest BCUT2D eigenvalue weighted by Gasteiger charge is 2.50. The molecule has 0 amide bonds. The molecule has 0 aromatic carbocycles. The number of pyridine rings is 1. The minimum Gasteiger partial charge on any atom is -0.326 e. The number of aromatic nitrogens is 1. The highest BCUT2D eigenvalue weighted by atomic mass is 32.3. The molecule has 2 heterocycles. The predicted molar refractivity (Wildman–Crippen MR) is 114 cm³/mol. The molecule has 0 spiro atoms. The summed E-state index contributed by atoms with van der Waals surface area (Å²) in [6, 6.07) is 1.18. The number of aryl methyl sites for hydroxylation is 2. The molecule has 1 aliphatic heterocycles. The predicted octanol–water partition coefficient (Wildman–Crippen LogP) is 6.08. The first-order valence-corrected chi connectivity index (χ1v) is 12.4. The van der Waals surface area contributed by atoms with Gasteiger partial charge in [0.15, 0.2) is 6.20 Å². The Morgan fingerprint density at radius 3 is 2.36 bits per heavy atom. The van der Waals surface area contributed by atoms with Gasteiger partial charge in [-0.2, -0.15) is 17.7 Å². The number of hydrogen-bond acceptors (Lipinski definition) is 2. The van der Waals surface area contributed by atoms with Crippen LogP contribution >= 0.6 is 9.22 Å². The van der Waals surface area contributed by atoms with Gasteiger partial charge in [-0.3, -0.25) is 0 Å². The molecule has 162 valence electrons. The van der Waals surface area contributed by atoms with Crippen LogP contribution in [0.3, 0.4) is 0 Å². The molecule has 7 heteroatoms. The molecule has 1 N–H and O–H groups in total. The van der Waals surface area contributed by atoms with Crippen molar-refractivity contribution in [2.45, 2.75) is 71.7 Å². The normalized spacial score (nSPS) is 21.6. The molecule has 0 radical (unpaired) electrons. The van der Waals surface area contributed by atoms with Crippen LogP contribution in [0, 0.1) is 18.8 Å². The average Bonchev–Trinajstić information content (AvgIpc) is 3.27. The molecule has 1 aromatic heterocycles. The minimum absolute atomic E-state index is 0.244. The van der Waals surface area contributed by atoms with E-state index in [4.69, 9.17) is 4.18 Å². The lowest BCUT2D eigenvalue weighted by Gasteiger charge is -2.35. The summed E-state index contributed by atoms with van der Waals surface area (Å²) in [6.07, 6.45) is 1.64. The molecular weight excluding hydrogens is 385 g/mol. The van der Waals surface area contributed by atoms with Gasteiger partial charge >= 0.3 is 6.18 Å². The molecule has 1 aromatic rings. The maximum absolute atomic E-state index is 13.1. The number of alkyl halides is 3. The molecule has 0 saturated carbocycles. The molecule has 1 saturated heterocycles. The fourth-order valence-electron chi connectivity index (χ4n) is 3.83. The van der Waals surface area contributed by atoms with E-state index in [0.29, 0.717) is 23.1 Å². The molecule has 2 unspecified atom stereocenters. The highest BCUT2D eigenvalue weighted by Crippen LogP contribution is 2.74. The Morgan fingerprint density at radius 1 is 1.29 bits per heavy atom. The van der Waals surface area contributed by atoms with Crippen molar-refractivity contribution < 1.29 is 21.9 Å². The number of nitrogens with zero attached hydrogens (tertiary/aromatic N) is 1. The van der Waals surface area contributed by atoms with Crippen LogP contribution in [-0.2, 0) is 17.4 Å². The topological polar surface area (TPSA) is 28.4 Å². The van der Waals surface area contributed by atoms with Gasteiger partial charge in [0, 0.05) is 11.3 Å². The molecule has 2 rings (SSSR count). The van der Waals surface area contributed by atoms with Crippen LogP contribution < -0.4 is 9.29 Å². The summed E-state index contributed by atoms with van der Waals surface area (Å²) in [7, 11) is -1.10. The van der Waals surface area contributed by atoms with Gasteiger partial charge < -0.3 is 8.91 Å². The molecule has 28 heavy (non-hydrogen) atoms. The van der Waals surface area contributed by atoms with E-state index in [9.17, 15) is 13.2 Å². The quantitative estimate of drug-likeness (QED) is 0.297. The van der Waals surface area contributed by atoms with Gasteiger partial charge in [0.25, 0.3) is 5.69 Å². The van der Waals surface area contributed by atoms with Crippen LogP contribution in [0.1, 0.15) is 64.6 Å². The largest absolute Gasteiger partial charge is 0.477 e. The van der Waals surface area contributed by atoms with E-state index < -0.39 is 21.1 Å². The smallest absolute Gasteiger partial charge is 0.326 e. The van der Waals surface area contributed by atoms with Gasteiger partial charge in [-0.05, 0) is 36.6 Å². The molecule has 1 fully saturated rings. The van der Waals surface area contributed by atoms with Crippen LogP contribution in [0.5, 0.6) is 0 Å². The third-order valence-electron chi connectivity index (χ3n) is 6.25. The summed E-state index contributed by atoms with van der Waals surface area (Å²) >= 11 is 0. The van der Waals surface area contributed by atoms with Crippen LogP contribution in [0.2, 0.25) is 0 Å². The van der Waals surface area contributed by atoms with Crippen molar-refractivity contribution in [2.75, 3.05) is 10.7 Å². The zero-order valence-electron chi connectivity index (χ0n) is 18.0. The van der Waals surface area contributed by atoms with E-state index in [2.05, 4.69) is 38.3 Å². The van der Waals surface area contributed by atoms with Crippen LogP contribution in [0.25, 0.3) is 0 Å². The number of nitrogens with one attached hydrogen (secondary N) is 1. The first-order chi connectivity index (χ1) is 12.8. The number of rotatable bonds is 9. The second-order valence-corrected chi connectivity index (χ2v) is 12.9. The Bertz CT molecular complexity index is 766. The van der Waals surface area contributed by atoms with E-state index in [1.54, 1.807) is 6.92 Å². The van der Waals surface area contributed by atoms with Crippen molar-refractivity contribution in [3.63, 3.8) is 0 Å². The molecule has 3 nitrogen and oxygen atoms in total. The maximum Gasteiger partial charge on any atom is 0.477 e. The fraction of sp³-hybridized carbons (Fsp3) is 0.714. The number of hydrogen-bond donors (Lipinski definition) is 1. The third kappa shape index (κ3) is 4.90. The standard InChI is InChI=1S/C21H36F3N2OS/c1-8-18(15(2)3)11-9-10-17(5)28(7,14-27-28)25-19-13-26(6)20(12-16(19)4)21(22,23)24/h12-13,15,17-18,25H,7-11,14H2,1-6H3/q+1. The Hall–Kier alpha value is -1.08. The molecule has 0 bridgehead atoms.